The number of benzene rings is 1. The van der Waals surface area contributed by atoms with E-state index in [0.717, 1.165) is 28.2 Å². The molecule has 134 valence electrons. The molecule has 1 aliphatic rings. The van der Waals surface area contributed by atoms with Crippen molar-refractivity contribution in [1.29, 1.82) is 0 Å². The fraction of sp³-hybridized carbons (Fsp3) is 0.263. The molecule has 1 aliphatic heterocycles. The first-order valence-electron chi connectivity index (χ1n) is 8.48. The molecule has 26 heavy (non-hydrogen) atoms. The molecule has 0 amide bonds. The number of nitrogens with zero attached hydrogens (tertiary/aromatic N) is 3. The smallest absolute Gasteiger partial charge is 0.166 e. The molecule has 1 atom stereocenters. The summed E-state index contributed by atoms with van der Waals surface area (Å²) in [5.41, 5.74) is 3.96. The lowest BCUT2D eigenvalue weighted by atomic mass is 10.2. The summed E-state index contributed by atoms with van der Waals surface area (Å²) in [6, 6.07) is 4.55. The van der Waals surface area contributed by atoms with Crippen LogP contribution in [0.2, 0.25) is 0 Å². The van der Waals surface area contributed by atoms with E-state index < -0.39 is 0 Å². The third-order valence-corrected chi connectivity index (χ3v) is 4.40. The normalized spacial score (nSPS) is 17.3. The van der Waals surface area contributed by atoms with Crippen molar-refractivity contribution in [1.82, 2.24) is 19.9 Å². The second kappa shape index (κ2) is 6.33. The topological polar surface area (TPSA) is 63.5 Å². The maximum absolute atomic E-state index is 13.7. The van der Waals surface area contributed by atoms with Crippen LogP contribution in [0, 0.1) is 12.7 Å². The van der Waals surface area contributed by atoms with Crippen LogP contribution in [0.25, 0.3) is 11.3 Å². The molecule has 0 spiro atoms. The zero-order chi connectivity index (χ0) is 18.3. The van der Waals surface area contributed by atoms with Gasteiger partial charge in [0.15, 0.2) is 5.65 Å². The number of anilines is 1. The van der Waals surface area contributed by atoms with Crippen molar-refractivity contribution in [3.63, 3.8) is 0 Å². The Bertz CT molecular complexity index is 997. The molecule has 6 nitrogen and oxygen atoms in total. The second-order valence-electron chi connectivity index (χ2n) is 6.49. The van der Waals surface area contributed by atoms with E-state index in [-0.39, 0.29) is 11.9 Å². The first-order valence-corrected chi connectivity index (χ1v) is 8.48. The van der Waals surface area contributed by atoms with Crippen LogP contribution < -0.4 is 15.4 Å². The maximum Gasteiger partial charge on any atom is 0.166 e. The van der Waals surface area contributed by atoms with E-state index in [0.29, 0.717) is 24.5 Å². The summed E-state index contributed by atoms with van der Waals surface area (Å²) in [5, 5.41) is 10.9. The lowest BCUT2D eigenvalue weighted by molar-refractivity contribution is 0.221. The monoisotopic (exact) mass is 353 g/mol. The van der Waals surface area contributed by atoms with Gasteiger partial charge >= 0.3 is 0 Å². The lowest BCUT2D eigenvalue weighted by Crippen LogP contribution is -2.28. The van der Waals surface area contributed by atoms with E-state index >= 15 is 0 Å². The van der Waals surface area contributed by atoms with Crippen LogP contribution in [0.3, 0.4) is 0 Å². The van der Waals surface area contributed by atoms with Crippen molar-refractivity contribution in [3.05, 3.63) is 59.7 Å². The lowest BCUT2D eigenvalue weighted by Gasteiger charge is -2.19. The maximum atomic E-state index is 13.7. The first kappa shape index (κ1) is 16.4. The third kappa shape index (κ3) is 2.96. The number of halogens is 1. The van der Waals surface area contributed by atoms with Crippen LogP contribution in [0.5, 0.6) is 5.75 Å². The molecular formula is C19H20FN5O. The Morgan fingerprint density at radius 2 is 2.19 bits per heavy atom. The highest BCUT2D eigenvalue weighted by Crippen LogP contribution is 2.25. The minimum Gasteiger partial charge on any atom is -0.489 e. The van der Waals surface area contributed by atoms with Crippen LogP contribution in [0.15, 0.2) is 37.2 Å². The summed E-state index contributed by atoms with van der Waals surface area (Å²) in [4.78, 5) is 4.70. The van der Waals surface area contributed by atoms with Crippen molar-refractivity contribution in [2.75, 3.05) is 11.9 Å². The zero-order valence-corrected chi connectivity index (χ0v) is 14.7. The zero-order valence-electron chi connectivity index (χ0n) is 14.7. The minimum atomic E-state index is -0.296. The number of ether oxygens (including phenoxy) is 1. The van der Waals surface area contributed by atoms with Crippen molar-refractivity contribution >= 4 is 17.2 Å². The van der Waals surface area contributed by atoms with Crippen LogP contribution in [-0.2, 0) is 6.54 Å². The molecule has 3 heterocycles. The van der Waals surface area contributed by atoms with E-state index in [2.05, 4.69) is 22.3 Å². The largest absolute Gasteiger partial charge is 0.489 e. The Labute approximate surface area is 150 Å². The average Bonchev–Trinajstić information content (AvgIpc) is 3.01. The number of fused-ring (bicyclic) bond motifs is 2. The van der Waals surface area contributed by atoms with Crippen molar-refractivity contribution < 1.29 is 9.13 Å². The van der Waals surface area contributed by atoms with Gasteiger partial charge in [0.25, 0.3) is 0 Å². The predicted octanol–water partition coefficient (Wildman–Crippen LogP) is 3.13. The minimum absolute atomic E-state index is 0.124. The molecule has 0 radical (unpaired) electrons. The van der Waals surface area contributed by atoms with Crippen LogP contribution in [0.1, 0.15) is 23.6 Å². The van der Waals surface area contributed by atoms with Gasteiger partial charge in [0, 0.05) is 29.6 Å². The Morgan fingerprint density at radius 3 is 3.04 bits per heavy atom. The quantitative estimate of drug-likeness (QED) is 0.650. The summed E-state index contributed by atoms with van der Waals surface area (Å²) < 4.78 is 21.5. The first-order chi connectivity index (χ1) is 12.5. The molecule has 1 aromatic carbocycles. The van der Waals surface area contributed by atoms with Gasteiger partial charge in [-0.3, -0.25) is 0 Å². The summed E-state index contributed by atoms with van der Waals surface area (Å²) in [6.45, 7) is 8.96. The van der Waals surface area contributed by atoms with E-state index in [4.69, 9.17) is 9.72 Å². The molecule has 1 unspecified atom stereocenters. The fourth-order valence-corrected chi connectivity index (χ4v) is 2.99. The Balaban J connectivity index is 1.81. The highest BCUT2D eigenvalue weighted by molar-refractivity contribution is 5.74. The van der Waals surface area contributed by atoms with Crippen LogP contribution in [0.4, 0.5) is 10.2 Å². The summed E-state index contributed by atoms with van der Waals surface area (Å²) in [7, 11) is 0. The van der Waals surface area contributed by atoms with E-state index in [1.165, 1.54) is 12.1 Å². The summed E-state index contributed by atoms with van der Waals surface area (Å²) in [5.74, 6) is 1.07. The number of aromatic nitrogens is 3. The summed E-state index contributed by atoms with van der Waals surface area (Å²) in [6.07, 6.45) is 3.53. The van der Waals surface area contributed by atoms with Gasteiger partial charge in [-0.25, -0.2) is 13.9 Å². The van der Waals surface area contributed by atoms with Gasteiger partial charge in [0.2, 0.25) is 0 Å². The molecule has 2 aromatic heterocycles. The van der Waals surface area contributed by atoms with Gasteiger partial charge in [-0.2, -0.15) is 5.10 Å². The second-order valence-corrected chi connectivity index (χ2v) is 6.49. The van der Waals surface area contributed by atoms with Gasteiger partial charge in [-0.05, 0) is 32.0 Å². The number of rotatable bonds is 0. The highest BCUT2D eigenvalue weighted by Gasteiger charge is 2.16. The van der Waals surface area contributed by atoms with Gasteiger partial charge in [0.1, 0.15) is 23.5 Å². The van der Waals surface area contributed by atoms with Gasteiger partial charge in [0.05, 0.1) is 18.3 Å². The van der Waals surface area contributed by atoms with Crippen LogP contribution >= 0.6 is 0 Å². The molecule has 0 saturated heterocycles. The van der Waals surface area contributed by atoms with E-state index in [1.807, 2.05) is 20.0 Å². The molecule has 0 fully saturated rings. The number of nitrogens with one attached hydrogen (secondary N) is 2. The molecule has 3 aromatic rings. The van der Waals surface area contributed by atoms with Gasteiger partial charge in [-0.15, -0.1) is 0 Å². The van der Waals surface area contributed by atoms with E-state index in [1.54, 1.807) is 16.8 Å². The number of aryl methyl sites for hydroxylation is 1. The molecule has 7 heteroatoms. The van der Waals surface area contributed by atoms with Crippen molar-refractivity contribution in [3.8, 4) is 5.75 Å². The Kier molecular flexibility index (Phi) is 3.99. The Hall–Kier alpha value is -3.09. The molecule has 0 saturated carbocycles. The number of hydrogen-bond acceptors (Lipinski definition) is 5. The van der Waals surface area contributed by atoms with Crippen molar-refractivity contribution in [2.24, 2.45) is 0 Å². The van der Waals surface area contributed by atoms with Gasteiger partial charge < -0.3 is 15.4 Å². The summed E-state index contributed by atoms with van der Waals surface area (Å²) >= 11 is 0. The van der Waals surface area contributed by atoms with E-state index in [9.17, 15) is 4.39 Å². The molecule has 2 bridgehead atoms. The van der Waals surface area contributed by atoms with Crippen LogP contribution in [-0.4, -0.2) is 27.2 Å². The molecule has 4 rings (SSSR count). The molecule has 0 aliphatic carbocycles. The number of hydrogen-bond donors (Lipinski definition) is 2. The Morgan fingerprint density at radius 1 is 1.35 bits per heavy atom. The van der Waals surface area contributed by atoms with Crippen molar-refractivity contribution in [2.45, 2.75) is 26.5 Å². The average molecular weight is 353 g/mol. The third-order valence-electron chi connectivity index (χ3n) is 4.40. The fourth-order valence-electron chi connectivity index (χ4n) is 2.99. The standard InChI is InChI=1S/C19H20FN5O/c1-11-10-25-19-16(9-23-25)13(3)21-7-12(2)26-17-5-4-15(20)6-14(17)8-22-18(11)24-19/h4-6,9-10,12,21H,3,7-8H2,1-2H3,(H,22,24). The highest BCUT2D eigenvalue weighted by atomic mass is 19.1. The SMILES string of the molecule is C=C1NCC(C)Oc2ccc(F)cc2CNc2nc3c1cnn3cc2C. The molecular weight excluding hydrogens is 333 g/mol. The predicted molar refractivity (Wildman–Crippen MR) is 98.6 cm³/mol. The van der Waals surface area contributed by atoms with Gasteiger partial charge in [-0.1, -0.05) is 6.58 Å². The molecule has 2 N–H and O–H groups in total.